The lowest BCUT2D eigenvalue weighted by atomic mass is 9.91. The van der Waals surface area contributed by atoms with Crippen LogP contribution in [-0.4, -0.2) is 40.4 Å². The molecular weight excluding hydrogens is 148 g/mol. The number of carbonyl (C=O) groups is 1. The molecule has 2 N–H and O–H groups in total. The second-order valence-electron chi connectivity index (χ2n) is 2.82. The average molecular weight is 156 g/mol. The van der Waals surface area contributed by atoms with E-state index in [2.05, 4.69) is 0 Å². The minimum atomic E-state index is -1.01. The van der Waals surface area contributed by atoms with Gasteiger partial charge in [-0.1, -0.05) is 0 Å². The molecule has 3 atom stereocenters. The van der Waals surface area contributed by atoms with Gasteiger partial charge < -0.3 is 14.9 Å². The molecular formula is C7H8O4. The van der Waals surface area contributed by atoms with E-state index in [-0.39, 0.29) is 12.4 Å². The maximum atomic E-state index is 10.9. The van der Waals surface area contributed by atoms with Crippen molar-refractivity contribution in [1.82, 2.24) is 0 Å². The Bertz CT molecular complexity index is 231. The average Bonchev–Trinajstić information content (AvgIpc) is 2.74. The molecule has 2 rings (SSSR count). The molecule has 0 aromatic rings. The summed E-state index contributed by atoms with van der Waals surface area (Å²) in [6.45, 7) is -0.311. The highest BCUT2D eigenvalue weighted by atomic mass is 16.6. The summed E-state index contributed by atoms with van der Waals surface area (Å²) in [7, 11) is 0. The van der Waals surface area contributed by atoms with Crippen molar-refractivity contribution in [3.63, 3.8) is 0 Å². The van der Waals surface area contributed by atoms with Gasteiger partial charge in [-0.05, 0) is 12.2 Å². The molecule has 0 saturated carbocycles. The summed E-state index contributed by atoms with van der Waals surface area (Å²) in [4.78, 5) is 10.9. The molecule has 1 heterocycles. The fraction of sp³-hybridized carbons (Fsp3) is 0.571. The molecule has 4 nitrogen and oxygen atoms in total. The highest BCUT2D eigenvalue weighted by molar-refractivity contribution is 5.98. The second kappa shape index (κ2) is 1.91. The zero-order valence-electron chi connectivity index (χ0n) is 5.73. The molecule has 4 heteroatoms. The van der Waals surface area contributed by atoms with E-state index < -0.39 is 17.8 Å². The van der Waals surface area contributed by atoms with Crippen LogP contribution in [0, 0.1) is 0 Å². The topological polar surface area (TPSA) is 70.1 Å². The Balaban J connectivity index is 2.29. The van der Waals surface area contributed by atoms with E-state index >= 15 is 0 Å². The molecule has 1 saturated heterocycles. The van der Waals surface area contributed by atoms with Crippen LogP contribution < -0.4 is 0 Å². The van der Waals surface area contributed by atoms with Gasteiger partial charge in [-0.25, -0.2) is 0 Å². The number of ketones is 1. The van der Waals surface area contributed by atoms with Crippen LogP contribution in [0.2, 0.25) is 0 Å². The number of ether oxygens (including phenoxy) is 1. The summed E-state index contributed by atoms with van der Waals surface area (Å²) in [6, 6.07) is 0. The monoisotopic (exact) mass is 156 g/mol. The molecule has 0 aromatic carbocycles. The van der Waals surface area contributed by atoms with Crippen LogP contribution in [0.15, 0.2) is 12.2 Å². The van der Waals surface area contributed by atoms with Gasteiger partial charge in [0.05, 0.1) is 6.61 Å². The summed E-state index contributed by atoms with van der Waals surface area (Å²) in [6.07, 6.45) is 1.17. The van der Waals surface area contributed by atoms with E-state index in [0.29, 0.717) is 0 Å². The first kappa shape index (κ1) is 6.97. The Morgan fingerprint density at radius 2 is 2.45 bits per heavy atom. The van der Waals surface area contributed by atoms with E-state index in [1.807, 2.05) is 0 Å². The number of carbonyl (C=O) groups excluding carboxylic acids is 1. The maximum absolute atomic E-state index is 10.9. The lowest BCUT2D eigenvalue weighted by Gasteiger charge is -2.15. The fourth-order valence-corrected chi connectivity index (χ4v) is 1.36. The van der Waals surface area contributed by atoms with Gasteiger partial charge in [0.1, 0.15) is 6.10 Å². The Kier molecular flexibility index (Phi) is 1.21. The SMILES string of the molecule is O=C1C=C[C@@H](O)[C@]2(CO)O[C@@H]12. The first-order chi connectivity index (χ1) is 5.20. The number of epoxide rings is 1. The van der Waals surface area contributed by atoms with Gasteiger partial charge in [0.2, 0.25) is 0 Å². The Morgan fingerprint density at radius 1 is 1.73 bits per heavy atom. The van der Waals surface area contributed by atoms with Crippen molar-refractivity contribution >= 4 is 5.78 Å². The second-order valence-corrected chi connectivity index (χ2v) is 2.82. The number of fused-ring (bicyclic) bond motifs is 1. The minimum absolute atomic E-state index is 0.177. The number of hydrogen-bond donors (Lipinski definition) is 2. The van der Waals surface area contributed by atoms with Crippen molar-refractivity contribution in [2.75, 3.05) is 6.61 Å². The molecule has 1 fully saturated rings. The molecule has 60 valence electrons. The van der Waals surface area contributed by atoms with Crippen LogP contribution >= 0.6 is 0 Å². The van der Waals surface area contributed by atoms with Crippen LogP contribution in [-0.2, 0) is 9.53 Å². The number of aliphatic hydroxyl groups excluding tert-OH is 2. The zero-order valence-corrected chi connectivity index (χ0v) is 5.73. The van der Waals surface area contributed by atoms with E-state index in [1.165, 1.54) is 12.2 Å². The number of aliphatic hydroxyl groups is 2. The Labute approximate surface area is 63.1 Å². The maximum Gasteiger partial charge on any atom is 0.187 e. The standard InChI is InChI=1S/C7H8O4/c8-3-7-5(10)2-1-4(9)6(7)11-7/h1-2,5-6,8,10H,3H2/t5-,6+,7+/m1/s1. The quantitative estimate of drug-likeness (QED) is 0.459. The first-order valence-corrected chi connectivity index (χ1v) is 3.39. The van der Waals surface area contributed by atoms with Crippen molar-refractivity contribution < 1.29 is 19.7 Å². The third-order valence-electron chi connectivity index (χ3n) is 2.17. The van der Waals surface area contributed by atoms with Gasteiger partial charge in [0.15, 0.2) is 17.5 Å². The number of hydrogen-bond acceptors (Lipinski definition) is 4. The third-order valence-corrected chi connectivity index (χ3v) is 2.17. The largest absolute Gasteiger partial charge is 0.393 e. The molecule has 0 bridgehead atoms. The summed E-state index contributed by atoms with van der Waals surface area (Å²) in [5, 5.41) is 18.1. The van der Waals surface area contributed by atoms with E-state index in [9.17, 15) is 9.90 Å². The normalized spacial score (nSPS) is 47.3. The van der Waals surface area contributed by atoms with Crippen molar-refractivity contribution in [2.45, 2.75) is 17.8 Å². The highest BCUT2D eigenvalue weighted by Gasteiger charge is 2.65. The first-order valence-electron chi connectivity index (χ1n) is 3.39. The van der Waals surface area contributed by atoms with Gasteiger partial charge in [0, 0.05) is 0 Å². The molecule has 11 heavy (non-hydrogen) atoms. The summed E-state index contributed by atoms with van der Waals surface area (Å²) in [5.74, 6) is -0.177. The molecule has 1 aliphatic carbocycles. The van der Waals surface area contributed by atoms with E-state index in [0.717, 1.165) is 0 Å². The molecule has 0 aromatic heterocycles. The highest BCUT2D eigenvalue weighted by Crippen LogP contribution is 2.43. The predicted octanol–water partition coefficient (Wildman–Crippen LogP) is -1.38. The zero-order chi connectivity index (χ0) is 8.06. The van der Waals surface area contributed by atoms with Gasteiger partial charge in [-0.15, -0.1) is 0 Å². The van der Waals surface area contributed by atoms with E-state index in [4.69, 9.17) is 9.84 Å². The molecule has 0 spiro atoms. The van der Waals surface area contributed by atoms with Crippen LogP contribution in [0.5, 0.6) is 0 Å². The van der Waals surface area contributed by atoms with Gasteiger partial charge in [-0.2, -0.15) is 0 Å². The molecule has 0 amide bonds. The van der Waals surface area contributed by atoms with Crippen LogP contribution in [0.1, 0.15) is 0 Å². The number of rotatable bonds is 1. The lowest BCUT2D eigenvalue weighted by molar-refractivity contribution is -0.116. The third kappa shape index (κ3) is 0.714. The Morgan fingerprint density at radius 3 is 3.00 bits per heavy atom. The summed E-state index contributed by atoms with van der Waals surface area (Å²) in [5.41, 5.74) is -1.01. The lowest BCUT2D eigenvalue weighted by Crippen LogP contribution is -2.39. The fourth-order valence-electron chi connectivity index (χ4n) is 1.36. The minimum Gasteiger partial charge on any atom is -0.393 e. The molecule has 0 radical (unpaired) electrons. The van der Waals surface area contributed by atoms with Crippen molar-refractivity contribution in [3.05, 3.63) is 12.2 Å². The van der Waals surface area contributed by atoms with Gasteiger partial charge in [-0.3, -0.25) is 4.79 Å². The molecule has 0 unspecified atom stereocenters. The van der Waals surface area contributed by atoms with E-state index in [1.54, 1.807) is 0 Å². The summed E-state index contributed by atoms with van der Waals surface area (Å²) >= 11 is 0. The van der Waals surface area contributed by atoms with Crippen molar-refractivity contribution in [3.8, 4) is 0 Å². The smallest absolute Gasteiger partial charge is 0.187 e. The van der Waals surface area contributed by atoms with Gasteiger partial charge >= 0.3 is 0 Å². The van der Waals surface area contributed by atoms with Crippen LogP contribution in [0.25, 0.3) is 0 Å². The van der Waals surface area contributed by atoms with Crippen LogP contribution in [0.4, 0.5) is 0 Å². The summed E-state index contributed by atoms with van der Waals surface area (Å²) < 4.78 is 4.93. The van der Waals surface area contributed by atoms with Crippen LogP contribution in [0.3, 0.4) is 0 Å². The van der Waals surface area contributed by atoms with Crippen molar-refractivity contribution in [2.24, 2.45) is 0 Å². The predicted molar refractivity (Wildman–Crippen MR) is 34.8 cm³/mol. The van der Waals surface area contributed by atoms with Gasteiger partial charge in [0.25, 0.3) is 0 Å². The molecule has 2 aliphatic rings. The Hall–Kier alpha value is -0.710. The van der Waals surface area contributed by atoms with Crippen molar-refractivity contribution in [1.29, 1.82) is 0 Å². The molecule has 1 aliphatic heterocycles.